The Hall–Kier alpha value is -1.23. The smallest absolute Gasteiger partial charge is 0.356 e. The van der Waals surface area contributed by atoms with Crippen LogP contribution >= 0.6 is 0 Å². The summed E-state index contributed by atoms with van der Waals surface area (Å²) in [5.41, 5.74) is 0. The zero-order valence-corrected chi connectivity index (χ0v) is 11.3. The van der Waals surface area contributed by atoms with Crippen molar-refractivity contribution < 1.29 is 81.0 Å². The predicted molar refractivity (Wildman–Crippen MR) is 41.4 cm³/mol. The molecule has 0 spiro atoms. The Morgan fingerprint density at radius 1 is 0.444 bits per heavy atom. The molecule has 1 radical (unpaired) electrons. The minimum atomic E-state index is -1.75. The quantitative estimate of drug-likeness (QED) is 0.216. The molecular weight excluding hydrogens is 395 g/mol. The van der Waals surface area contributed by atoms with Crippen LogP contribution in [0.2, 0.25) is 0 Å². The first kappa shape index (κ1) is 36.0. The van der Waals surface area contributed by atoms with Crippen molar-refractivity contribution in [3.05, 3.63) is 61.3 Å². The number of hydrogen-bond acceptors (Lipinski definition) is 12. The second-order valence-electron chi connectivity index (χ2n) is 0.894. The normalized spacial score (nSPS) is 5.33. The zero-order valence-electron chi connectivity index (χ0n) is 8.19. The maximum absolute atomic E-state index is 8.25. The van der Waals surface area contributed by atoms with Crippen molar-refractivity contribution in [2.75, 3.05) is 0 Å². The molecule has 0 amide bonds. The first-order chi connectivity index (χ1) is 6.93. The van der Waals surface area contributed by atoms with Gasteiger partial charge in [-0.05, 0) is 0 Å². The van der Waals surface area contributed by atoms with E-state index in [1.165, 1.54) is 0 Å². The first-order valence-corrected chi connectivity index (χ1v) is 2.19. The molecule has 16 nitrogen and oxygen atoms in total. The van der Waals surface area contributed by atoms with E-state index in [1.807, 2.05) is 0 Å². The van der Waals surface area contributed by atoms with Crippen LogP contribution in [0.25, 0.3) is 0 Å². The number of nitrogens with zero attached hydrogens (tertiary/aromatic N) is 4. The second kappa shape index (κ2) is 29.7. The van der Waals surface area contributed by atoms with Crippen molar-refractivity contribution in [2.24, 2.45) is 0 Å². The standard InChI is InChI=1S/Ce.Li.4NO3/c;;4*2-1(3)4/q+3;+1;4*-1. The number of rotatable bonds is 0. The molecule has 97 valence electrons. The van der Waals surface area contributed by atoms with Gasteiger partial charge in [0.25, 0.3) is 0 Å². The fraction of sp³-hybridized carbons (Fsp3) is 0. The van der Waals surface area contributed by atoms with Gasteiger partial charge in [-0.1, -0.05) is 0 Å². The summed E-state index contributed by atoms with van der Waals surface area (Å²) in [6, 6.07) is 0. The summed E-state index contributed by atoms with van der Waals surface area (Å²) in [5, 5.41) is 59.0. The summed E-state index contributed by atoms with van der Waals surface area (Å²) in [4.78, 5) is 33.0. The minimum Gasteiger partial charge on any atom is -0.356 e. The maximum Gasteiger partial charge on any atom is 3.00 e. The molecule has 0 bridgehead atoms. The third-order valence-corrected chi connectivity index (χ3v) is 0. The van der Waals surface area contributed by atoms with Crippen LogP contribution in [-0.4, -0.2) is 20.3 Å². The Morgan fingerprint density at radius 3 is 0.444 bits per heavy atom. The minimum absolute atomic E-state index is 0. The van der Waals surface area contributed by atoms with Gasteiger partial charge in [0.1, 0.15) is 0 Å². The molecule has 18 heteroatoms. The van der Waals surface area contributed by atoms with E-state index in [2.05, 4.69) is 0 Å². The van der Waals surface area contributed by atoms with Gasteiger partial charge in [0.15, 0.2) is 0 Å². The van der Waals surface area contributed by atoms with E-state index in [0.29, 0.717) is 0 Å². The molecule has 0 aliphatic carbocycles. The molecule has 0 aromatic rings. The molecule has 0 unspecified atom stereocenters. The van der Waals surface area contributed by atoms with Gasteiger partial charge in [0, 0.05) is 0 Å². The molecule has 0 saturated carbocycles. The predicted octanol–water partition coefficient (Wildman–Crippen LogP) is -3.95. The van der Waals surface area contributed by atoms with Crippen LogP contribution in [0.5, 0.6) is 0 Å². The summed E-state index contributed by atoms with van der Waals surface area (Å²) in [7, 11) is 0. The summed E-state index contributed by atoms with van der Waals surface area (Å²) in [5.74, 6) is 0. The average Bonchev–Trinajstić information content (AvgIpc) is 1.76. The van der Waals surface area contributed by atoms with Crippen LogP contribution in [0.1, 0.15) is 0 Å². The first-order valence-electron chi connectivity index (χ1n) is 2.19. The van der Waals surface area contributed by atoms with E-state index in [1.54, 1.807) is 0 Å². The van der Waals surface area contributed by atoms with E-state index in [4.69, 9.17) is 61.3 Å². The number of hydrogen-bond donors (Lipinski definition) is 0. The molecule has 0 rings (SSSR count). The van der Waals surface area contributed by atoms with Crippen molar-refractivity contribution in [1.82, 2.24) is 0 Å². The van der Waals surface area contributed by atoms with Crippen molar-refractivity contribution in [1.29, 1.82) is 0 Å². The fourth-order valence-corrected chi connectivity index (χ4v) is 0. The Bertz CT molecular complexity index is 164. The van der Waals surface area contributed by atoms with Gasteiger partial charge in [-0.25, -0.2) is 0 Å². The Balaban J connectivity index is -0.0000000257. The topological polar surface area (TPSA) is 265 Å². The molecular formula is CeLiN4O12. The van der Waals surface area contributed by atoms with E-state index in [-0.39, 0.29) is 60.6 Å². The van der Waals surface area contributed by atoms with Crippen LogP contribution in [-0.2, 0) is 0 Å². The van der Waals surface area contributed by atoms with Gasteiger partial charge in [-0.2, -0.15) is 0 Å². The van der Waals surface area contributed by atoms with Gasteiger partial charge in [0.05, 0.1) is 20.3 Å². The molecule has 0 atom stereocenters. The van der Waals surface area contributed by atoms with Gasteiger partial charge in [-0.3, -0.25) is 0 Å². The van der Waals surface area contributed by atoms with E-state index < -0.39 is 20.3 Å². The van der Waals surface area contributed by atoms with Crippen molar-refractivity contribution in [3.8, 4) is 0 Å². The Labute approximate surface area is 141 Å². The monoisotopic (exact) mass is 395 g/mol. The van der Waals surface area contributed by atoms with Gasteiger partial charge >= 0.3 is 60.6 Å². The van der Waals surface area contributed by atoms with Crippen LogP contribution in [0.15, 0.2) is 0 Å². The third-order valence-electron chi connectivity index (χ3n) is 0. The summed E-state index contributed by atoms with van der Waals surface area (Å²) < 4.78 is 0. The molecule has 0 aromatic carbocycles. The van der Waals surface area contributed by atoms with E-state index in [9.17, 15) is 0 Å². The molecule has 0 heterocycles. The molecule has 0 N–H and O–H groups in total. The fourth-order valence-electron chi connectivity index (χ4n) is 0. The molecule has 0 fully saturated rings. The zero-order chi connectivity index (χ0) is 14.3. The Morgan fingerprint density at radius 2 is 0.444 bits per heavy atom. The van der Waals surface area contributed by atoms with Crippen molar-refractivity contribution in [2.45, 2.75) is 0 Å². The summed E-state index contributed by atoms with van der Waals surface area (Å²) >= 11 is 0. The molecule has 0 aliphatic heterocycles. The SMILES string of the molecule is O=[N+]([O-])[O-].O=[N+]([O-])[O-].O=[N+]([O-])[O-].O=[N+]([O-])[O-].[Ce+3].[Li+]. The summed E-state index contributed by atoms with van der Waals surface area (Å²) in [6.45, 7) is 0. The van der Waals surface area contributed by atoms with Crippen molar-refractivity contribution >= 4 is 0 Å². The largest absolute Gasteiger partial charge is 3.00 e. The van der Waals surface area contributed by atoms with Crippen LogP contribution in [0.3, 0.4) is 0 Å². The van der Waals surface area contributed by atoms with Crippen LogP contribution < -0.4 is 18.9 Å². The van der Waals surface area contributed by atoms with Gasteiger partial charge in [0.2, 0.25) is 0 Å². The maximum atomic E-state index is 8.25. The van der Waals surface area contributed by atoms with Crippen molar-refractivity contribution in [3.63, 3.8) is 0 Å². The Kier molecular flexibility index (Phi) is 59.2. The van der Waals surface area contributed by atoms with Crippen LogP contribution in [0.4, 0.5) is 0 Å². The van der Waals surface area contributed by atoms with E-state index >= 15 is 0 Å². The van der Waals surface area contributed by atoms with E-state index in [0.717, 1.165) is 0 Å². The third kappa shape index (κ3) is 1860. The average molecular weight is 395 g/mol. The van der Waals surface area contributed by atoms with Gasteiger partial charge < -0.3 is 61.3 Å². The second-order valence-corrected chi connectivity index (χ2v) is 0.894. The summed E-state index contributed by atoms with van der Waals surface area (Å²) in [6.07, 6.45) is 0. The van der Waals surface area contributed by atoms with Gasteiger partial charge in [-0.15, -0.1) is 0 Å². The molecule has 0 saturated heterocycles. The molecule has 0 aromatic heterocycles. The molecule has 0 aliphatic rings. The molecule has 18 heavy (non-hydrogen) atoms. The van der Waals surface area contributed by atoms with Crippen LogP contribution in [0, 0.1) is 103 Å².